The first-order chi connectivity index (χ1) is 12.7. The highest BCUT2D eigenvalue weighted by Gasteiger charge is 2.39. The quantitative estimate of drug-likeness (QED) is 0.293. The van der Waals surface area contributed by atoms with Crippen molar-refractivity contribution >= 4 is 15.6 Å². The molecule has 0 N–H and O–H groups in total. The van der Waals surface area contributed by atoms with E-state index < -0.39 is 27.4 Å². The van der Waals surface area contributed by atoms with E-state index in [4.69, 9.17) is 0 Å². The second-order valence-electron chi connectivity index (χ2n) is 6.85. The lowest BCUT2D eigenvalue weighted by Crippen LogP contribution is -2.22. The highest BCUT2D eigenvalue weighted by Crippen LogP contribution is 2.23. The molecule has 0 radical (unpaired) electrons. The molecule has 1 rings (SSSR count). The van der Waals surface area contributed by atoms with Gasteiger partial charge in [-0.1, -0.05) is 64.7 Å². The van der Waals surface area contributed by atoms with Crippen LogP contribution in [0.4, 0.5) is 13.2 Å². The van der Waals surface area contributed by atoms with Crippen LogP contribution in [0.5, 0.6) is 0 Å². The molecule has 0 aliphatic rings. The van der Waals surface area contributed by atoms with Crippen LogP contribution in [0, 0.1) is 0 Å². The predicted molar refractivity (Wildman–Crippen MR) is 101 cm³/mol. The van der Waals surface area contributed by atoms with E-state index in [2.05, 4.69) is 6.92 Å². The van der Waals surface area contributed by atoms with E-state index in [1.807, 2.05) is 0 Å². The van der Waals surface area contributed by atoms with Crippen molar-refractivity contribution in [1.29, 1.82) is 0 Å². The molecule has 1 aromatic carbocycles. The molecule has 0 heterocycles. The normalized spacial score (nSPS) is 12.3. The summed E-state index contributed by atoms with van der Waals surface area (Å²) in [5.74, 6) is -2.00. The van der Waals surface area contributed by atoms with Gasteiger partial charge in [0, 0.05) is 5.56 Å². The van der Waals surface area contributed by atoms with Gasteiger partial charge in [0.1, 0.15) is 0 Å². The van der Waals surface area contributed by atoms with Crippen molar-refractivity contribution in [3.05, 3.63) is 29.8 Å². The molecule has 0 aliphatic carbocycles. The first kappa shape index (κ1) is 23.7. The number of ketones is 1. The Hall–Kier alpha value is -1.37. The van der Waals surface area contributed by atoms with E-state index in [0.717, 1.165) is 43.5 Å². The zero-order valence-corrected chi connectivity index (χ0v) is 16.7. The Morgan fingerprint density at radius 1 is 0.815 bits per heavy atom. The van der Waals surface area contributed by atoms with Gasteiger partial charge >= 0.3 is 6.18 Å². The summed E-state index contributed by atoms with van der Waals surface area (Å²) in [5, 5.41) is 0. The molecular weight excluding hydrogens is 377 g/mol. The predicted octanol–water partition coefficient (Wildman–Crippen LogP) is 6.13. The monoisotopic (exact) mass is 406 g/mol. The van der Waals surface area contributed by atoms with Crippen LogP contribution in [0.3, 0.4) is 0 Å². The number of carbonyl (C=O) groups excluding carboxylic acids is 1. The fourth-order valence-electron chi connectivity index (χ4n) is 2.87. The third kappa shape index (κ3) is 8.91. The molecule has 27 heavy (non-hydrogen) atoms. The van der Waals surface area contributed by atoms with Crippen molar-refractivity contribution in [2.75, 3.05) is 5.75 Å². The summed E-state index contributed by atoms with van der Waals surface area (Å²) in [6, 6.07) is 3.98. The van der Waals surface area contributed by atoms with E-state index in [0.29, 0.717) is 6.42 Å². The molecule has 1 aromatic rings. The Bertz CT molecular complexity index is 665. The highest BCUT2D eigenvalue weighted by molar-refractivity contribution is 7.91. The molecule has 0 saturated heterocycles. The van der Waals surface area contributed by atoms with Crippen molar-refractivity contribution in [2.24, 2.45) is 0 Å². The summed E-state index contributed by atoms with van der Waals surface area (Å²) in [5.41, 5.74) is -0.555. The van der Waals surface area contributed by atoms with Crippen molar-refractivity contribution in [2.45, 2.75) is 82.2 Å². The average molecular weight is 407 g/mol. The standard InChI is InChI=1S/C20H29F3O3S/c1-2-3-4-5-6-7-8-9-10-11-16-27(25,26)18-14-12-17(13-15-18)19(24)20(21,22)23/h12-15H,2-11,16H2,1H3. The molecule has 0 fully saturated rings. The Morgan fingerprint density at radius 3 is 1.70 bits per heavy atom. The van der Waals surface area contributed by atoms with Crippen molar-refractivity contribution in [3.63, 3.8) is 0 Å². The summed E-state index contributed by atoms with van der Waals surface area (Å²) >= 11 is 0. The van der Waals surface area contributed by atoms with Gasteiger partial charge in [-0.15, -0.1) is 0 Å². The third-order valence-electron chi connectivity index (χ3n) is 4.50. The highest BCUT2D eigenvalue weighted by atomic mass is 32.2. The number of benzene rings is 1. The number of Topliss-reactive ketones (excluding diaryl/α,β-unsaturated/α-hetero) is 1. The second-order valence-corrected chi connectivity index (χ2v) is 8.96. The van der Waals surface area contributed by atoms with Gasteiger partial charge in [0.2, 0.25) is 0 Å². The fraction of sp³-hybridized carbons (Fsp3) is 0.650. The SMILES string of the molecule is CCCCCCCCCCCCS(=O)(=O)c1ccc(C(=O)C(F)(F)F)cc1. The minimum Gasteiger partial charge on any atom is -0.284 e. The maximum atomic E-state index is 12.4. The van der Waals surface area contributed by atoms with Crippen LogP contribution in [0.25, 0.3) is 0 Å². The van der Waals surface area contributed by atoms with Gasteiger partial charge in [-0.2, -0.15) is 13.2 Å². The minimum absolute atomic E-state index is 0.0317. The van der Waals surface area contributed by atoms with Crippen LogP contribution in [0.1, 0.15) is 81.5 Å². The number of hydrogen-bond acceptors (Lipinski definition) is 3. The van der Waals surface area contributed by atoms with Crippen LogP contribution in [-0.4, -0.2) is 26.1 Å². The molecule has 0 amide bonds. The number of halogens is 3. The zero-order valence-electron chi connectivity index (χ0n) is 15.9. The van der Waals surface area contributed by atoms with E-state index >= 15 is 0 Å². The van der Waals surface area contributed by atoms with Gasteiger partial charge in [-0.05, 0) is 30.7 Å². The number of unbranched alkanes of at least 4 members (excludes halogenated alkanes) is 9. The van der Waals surface area contributed by atoms with Gasteiger partial charge in [-0.25, -0.2) is 8.42 Å². The Labute approximate surface area is 160 Å². The Balaban J connectivity index is 2.34. The van der Waals surface area contributed by atoms with Crippen molar-refractivity contribution in [1.82, 2.24) is 0 Å². The molecule has 0 bridgehead atoms. The summed E-state index contributed by atoms with van der Waals surface area (Å²) in [6.45, 7) is 2.18. The molecular formula is C20H29F3O3S. The van der Waals surface area contributed by atoms with Crippen LogP contribution in [0.15, 0.2) is 29.2 Å². The molecule has 0 atom stereocenters. The van der Waals surface area contributed by atoms with Gasteiger partial charge in [0.25, 0.3) is 5.78 Å². The van der Waals surface area contributed by atoms with Crippen molar-refractivity contribution in [3.8, 4) is 0 Å². The van der Waals surface area contributed by atoms with Gasteiger partial charge in [0.15, 0.2) is 9.84 Å². The molecule has 0 unspecified atom stereocenters. The Morgan fingerprint density at radius 2 is 1.26 bits per heavy atom. The summed E-state index contributed by atoms with van der Waals surface area (Å²) in [4.78, 5) is 11.1. The summed E-state index contributed by atoms with van der Waals surface area (Å²) in [7, 11) is -3.54. The molecule has 0 spiro atoms. The molecule has 154 valence electrons. The molecule has 0 saturated carbocycles. The zero-order chi connectivity index (χ0) is 20.3. The minimum atomic E-state index is -4.96. The van der Waals surface area contributed by atoms with Gasteiger partial charge in [0.05, 0.1) is 10.6 Å². The van der Waals surface area contributed by atoms with E-state index in [1.165, 1.54) is 38.5 Å². The number of rotatable bonds is 13. The molecule has 0 aliphatic heterocycles. The first-order valence-corrected chi connectivity index (χ1v) is 11.3. The topological polar surface area (TPSA) is 51.2 Å². The van der Waals surface area contributed by atoms with Crippen LogP contribution >= 0.6 is 0 Å². The number of sulfone groups is 1. The van der Waals surface area contributed by atoms with Gasteiger partial charge in [-0.3, -0.25) is 4.79 Å². The molecule has 7 heteroatoms. The Kier molecular flexibility index (Phi) is 10.1. The van der Waals surface area contributed by atoms with Crippen LogP contribution in [0.2, 0.25) is 0 Å². The van der Waals surface area contributed by atoms with E-state index in [-0.39, 0.29) is 10.6 Å². The molecule has 0 aromatic heterocycles. The molecule has 3 nitrogen and oxygen atoms in total. The number of hydrogen-bond donors (Lipinski definition) is 0. The fourth-order valence-corrected chi connectivity index (χ4v) is 4.25. The second kappa shape index (κ2) is 11.5. The summed E-state index contributed by atoms with van der Waals surface area (Å²) < 4.78 is 61.6. The number of carbonyl (C=O) groups is 1. The third-order valence-corrected chi connectivity index (χ3v) is 6.32. The van der Waals surface area contributed by atoms with E-state index in [9.17, 15) is 26.4 Å². The number of alkyl halides is 3. The maximum absolute atomic E-state index is 12.4. The lowest BCUT2D eigenvalue weighted by atomic mass is 10.1. The maximum Gasteiger partial charge on any atom is 0.454 e. The summed E-state index contributed by atoms with van der Waals surface area (Å²) in [6.07, 6.45) is 5.92. The van der Waals surface area contributed by atoms with Crippen LogP contribution < -0.4 is 0 Å². The van der Waals surface area contributed by atoms with Crippen molar-refractivity contribution < 1.29 is 26.4 Å². The smallest absolute Gasteiger partial charge is 0.284 e. The largest absolute Gasteiger partial charge is 0.454 e. The average Bonchev–Trinajstić information content (AvgIpc) is 2.62. The van der Waals surface area contributed by atoms with Gasteiger partial charge < -0.3 is 0 Å². The lowest BCUT2D eigenvalue weighted by molar-refractivity contribution is -0.0885. The first-order valence-electron chi connectivity index (χ1n) is 9.63. The lowest BCUT2D eigenvalue weighted by Gasteiger charge is -2.07. The van der Waals surface area contributed by atoms with E-state index in [1.54, 1.807) is 0 Å². The van der Waals surface area contributed by atoms with Crippen LogP contribution in [-0.2, 0) is 9.84 Å².